The van der Waals surface area contributed by atoms with E-state index >= 15 is 0 Å². The van der Waals surface area contributed by atoms with Crippen LogP contribution in [0.4, 0.5) is 5.69 Å². The molecule has 0 bridgehead atoms. The fourth-order valence-corrected chi connectivity index (χ4v) is 1.15. The highest BCUT2D eigenvalue weighted by Crippen LogP contribution is 2.08. The molecule has 4 heteroatoms. The summed E-state index contributed by atoms with van der Waals surface area (Å²) in [5.74, 6) is 0. The van der Waals surface area contributed by atoms with Gasteiger partial charge in [0.05, 0.1) is 17.6 Å². The van der Waals surface area contributed by atoms with Crippen molar-refractivity contribution in [1.29, 1.82) is 0 Å². The van der Waals surface area contributed by atoms with E-state index in [-0.39, 0.29) is 0 Å². The first-order chi connectivity index (χ1) is 6.25. The molecule has 0 aromatic carbocycles. The predicted molar refractivity (Wildman–Crippen MR) is 52.5 cm³/mol. The summed E-state index contributed by atoms with van der Waals surface area (Å²) in [6.45, 7) is 6.42. The molecule has 13 heavy (non-hydrogen) atoms. The number of nitrogens with two attached hydrogens (primary N) is 1. The number of aromatic nitrogens is 2. The number of hydrogen-bond donors (Lipinski definition) is 1. The van der Waals surface area contributed by atoms with E-state index in [1.54, 1.807) is 6.20 Å². The lowest BCUT2D eigenvalue weighted by Gasteiger charge is -2.04. The van der Waals surface area contributed by atoms with Gasteiger partial charge in [-0.1, -0.05) is 0 Å². The lowest BCUT2D eigenvalue weighted by atomic mass is 10.4. The van der Waals surface area contributed by atoms with E-state index in [0.29, 0.717) is 0 Å². The number of nitrogens with zero attached hydrogens (tertiary/aromatic N) is 2. The largest absolute Gasteiger partial charge is 0.396 e. The average molecular weight is 183 g/mol. The van der Waals surface area contributed by atoms with E-state index in [2.05, 4.69) is 5.10 Å². The van der Waals surface area contributed by atoms with Crippen molar-refractivity contribution in [1.82, 2.24) is 9.78 Å². The van der Waals surface area contributed by atoms with Gasteiger partial charge >= 0.3 is 0 Å². The van der Waals surface area contributed by atoms with Crippen LogP contribution in [0.1, 0.15) is 19.0 Å². The molecule has 0 saturated heterocycles. The molecule has 1 aromatic rings. The number of ether oxygens (including phenoxy) is 1. The Bertz CT molecular complexity index is 257. The molecular formula is C9H17N3O. The van der Waals surface area contributed by atoms with E-state index in [1.807, 2.05) is 18.5 Å². The zero-order valence-electron chi connectivity index (χ0n) is 8.29. The van der Waals surface area contributed by atoms with Gasteiger partial charge in [0.1, 0.15) is 0 Å². The fraction of sp³-hybridized carbons (Fsp3) is 0.667. The Labute approximate surface area is 78.7 Å². The molecule has 0 saturated carbocycles. The molecule has 4 nitrogen and oxygen atoms in total. The first-order valence-corrected chi connectivity index (χ1v) is 4.61. The van der Waals surface area contributed by atoms with Crippen molar-refractivity contribution < 1.29 is 4.74 Å². The van der Waals surface area contributed by atoms with Gasteiger partial charge in [-0.3, -0.25) is 4.68 Å². The van der Waals surface area contributed by atoms with Crippen LogP contribution in [0.5, 0.6) is 0 Å². The first-order valence-electron chi connectivity index (χ1n) is 4.61. The second kappa shape index (κ2) is 4.87. The number of rotatable bonds is 5. The Balaban J connectivity index is 2.32. The Morgan fingerprint density at radius 2 is 2.38 bits per heavy atom. The third kappa shape index (κ3) is 2.73. The fourth-order valence-electron chi connectivity index (χ4n) is 1.15. The first kappa shape index (κ1) is 10.1. The molecule has 0 atom stereocenters. The van der Waals surface area contributed by atoms with Crippen molar-refractivity contribution in [3.8, 4) is 0 Å². The summed E-state index contributed by atoms with van der Waals surface area (Å²) in [7, 11) is 0. The third-order valence-corrected chi connectivity index (χ3v) is 2.00. The molecule has 0 spiro atoms. The van der Waals surface area contributed by atoms with Crippen LogP contribution < -0.4 is 5.73 Å². The quantitative estimate of drug-likeness (QED) is 0.698. The van der Waals surface area contributed by atoms with Gasteiger partial charge in [-0.05, 0) is 20.3 Å². The summed E-state index contributed by atoms with van der Waals surface area (Å²) in [6, 6.07) is 0. The van der Waals surface area contributed by atoms with E-state index < -0.39 is 0 Å². The summed E-state index contributed by atoms with van der Waals surface area (Å²) in [6.07, 6.45) is 2.67. The zero-order chi connectivity index (χ0) is 9.68. The van der Waals surface area contributed by atoms with Gasteiger partial charge in [-0.2, -0.15) is 5.10 Å². The van der Waals surface area contributed by atoms with Gasteiger partial charge in [0, 0.05) is 19.8 Å². The van der Waals surface area contributed by atoms with Crippen LogP contribution in [-0.2, 0) is 11.3 Å². The van der Waals surface area contributed by atoms with Gasteiger partial charge in [-0.25, -0.2) is 0 Å². The second-order valence-electron chi connectivity index (χ2n) is 2.96. The van der Waals surface area contributed by atoms with Gasteiger partial charge in [-0.15, -0.1) is 0 Å². The lowest BCUT2D eigenvalue weighted by molar-refractivity contribution is 0.140. The van der Waals surface area contributed by atoms with Crippen LogP contribution in [-0.4, -0.2) is 23.0 Å². The topological polar surface area (TPSA) is 53.1 Å². The molecule has 74 valence electrons. The van der Waals surface area contributed by atoms with Crippen molar-refractivity contribution >= 4 is 5.69 Å². The summed E-state index contributed by atoms with van der Waals surface area (Å²) < 4.78 is 7.14. The van der Waals surface area contributed by atoms with Crippen LogP contribution in [0.3, 0.4) is 0 Å². The Morgan fingerprint density at radius 3 is 2.92 bits per heavy atom. The maximum atomic E-state index is 5.66. The highest BCUT2D eigenvalue weighted by molar-refractivity contribution is 5.39. The maximum absolute atomic E-state index is 5.66. The number of anilines is 1. The molecular weight excluding hydrogens is 166 g/mol. The normalized spacial score (nSPS) is 10.6. The monoisotopic (exact) mass is 183 g/mol. The molecule has 0 amide bonds. The van der Waals surface area contributed by atoms with Crippen molar-refractivity contribution in [2.45, 2.75) is 26.8 Å². The predicted octanol–water partition coefficient (Wildman–Crippen LogP) is 1.20. The molecule has 0 aliphatic carbocycles. The molecule has 0 unspecified atom stereocenters. The minimum absolute atomic E-state index is 0.761. The molecule has 0 fully saturated rings. The summed E-state index contributed by atoms with van der Waals surface area (Å²) in [5, 5.41) is 4.15. The van der Waals surface area contributed by atoms with Crippen LogP contribution in [0, 0.1) is 6.92 Å². The van der Waals surface area contributed by atoms with Crippen molar-refractivity contribution in [3.63, 3.8) is 0 Å². The third-order valence-electron chi connectivity index (χ3n) is 2.00. The van der Waals surface area contributed by atoms with Crippen LogP contribution in [0.15, 0.2) is 6.20 Å². The van der Waals surface area contributed by atoms with E-state index in [0.717, 1.165) is 37.6 Å². The van der Waals surface area contributed by atoms with Crippen molar-refractivity contribution in [2.75, 3.05) is 18.9 Å². The molecule has 1 heterocycles. The van der Waals surface area contributed by atoms with Gasteiger partial charge in [0.25, 0.3) is 0 Å². The molecule has 0 aliphatic heterocycles. The zero-order valence-corrected chi connectivity index (χ0v) is 8.29. The average Bonchev–Trinajstić information content (AvgIpc) is 2.43. The smallest absolute Gasteiger partial charge is 0.0730 e. The highest BCUT2D eigenvalue weighted by Gasteiger charge is 2.01. The Hall–Kier alpha value is -1.03. The summed E-state index contributed by atoms with van der Waals surface area (Å²) >= 11 is 0. The van der Waals surface area contributed by atoms with E-state index in [9.17, 15) is 0 Å². The molecule has 2 N–H and O–H groups in total. The second-order valence-corrected chi connectivity index (χ2v) is 2.96. The van der Waals surface area contributed by atoms with Crippen molar-refractivity contribution in [3.05, 3.63) is 11.9 Å². The maximum Gasteiger partial charge on any atom is 0.0730 e. The lowest BCUT2D eigenvalue weighted by Crippen LogP contribution is -2.06. The SMILES string of the molecule is CCOCCCn1ncc(N)c1C. The van der Waals surface area contributed by atoms with E-state index in [4.69, 9.17) is 10.5 Å². The van der Waals surface area contributed by atoms with Crippen LogP contribution in [0.25, 0.3) is 0 Å². The standard InChI is InChI=1S/C9H17N3O/c1-3-13-6-4-5-12-8(2)9(10)7-11-12/h7H,3-6,10H2,1-2H3. The number of nitrogen functional groups attached to an aromatic ring is 1. The summed E-state index contributed by atoms with van der Waals surface area (Å²) in [5.41, 5.74) is 7.46. The van der Waals surface area contributed by atoms with E-state index in [1.165, 1.54) is 0 Å². The molecule has 1 rings (SSSR count). The Kier molecular flexibility index (Phi) is 3.76. The Morgan fingerprint density at radius 1 is 1.62 bits per heavy atom. The molecule has 0 radical (unpaired) electrons. The minimum Gasteiger partial charge on any atom is -0.396 e. The molecule has 1 aromatic heterocycles. The molecule has 0 aliphatic rings. The van der Waals surface area contributed by atoms with Gasteiger partial charge < -0.3 is 10.5 Å². The minimum atomic E-state index is 0.761. The van der Waals surface area contributed by atoms with Crippen molar-refractivity contribution in [2.24, 2.45) is 0 Å². The van der Waals surface area contributed by atoms with Gasteiger partial charge in [0.2, 0.25) is 0 Å². The van der Waals surface area contributed by atoms with Crippen LogP contribution in [0.2, 0.25) is 0 Å². The van der Waals surface area contributed by atoms with Crippen LogP contribution >= 0.6 is 0 Å². The number of aryl methyl sites for hydroxylation is 1. The summed E-state index contributed by atoms with van der Waals surface area (Å²) in [4.78, 5) is 0. The number of hydrogen-bond acceptors (Lipinski definition) is 3. The highest BCUT2D eigenvalue weighted by atomic mass is 16.5. The van der Waals surface area contributed by atoms with Gasteiger partial charge in [0.15, 0.2) is 0 Å².